The minimum Gasteiger partial charge on any atom is -0.475 e. The van der Waals surface area contributed by atoms with Crippen LogP contribution in [0.4, 0.5) is 14.6 Å². The largest absolute Gasteiger partial charge is 0.475 e. The van der Waals surface area contributed by atoms with Crippen LogP contribution in [0.3, 0.4) is 0 Å². The fraction of sp³-hybridized carbons (Fsp3) is 0.647. The second-order valence-corrected chi connectivity index (χ2v) is 7.72. The van der Waals surface area contributed by atoms with Gasteiger partial charge < -0.3 is 25.4 Å². The topological polar surface area (TPSA) is 120 Å². The summed E-state index contributed by atoms with van der Waals surface area (Å²) in [5.41, 5.74) is 4.34. The number of carbonyl (C=O) groups is 2. The number of anilines is 1. The zero-order valence-corrected chi connectivity index (χ0v) is 15.1. The van der Waals surface area contributed by atoms with Crippen LogP contribution in [0.25, 0.3) is 0 Å². The predicted molar refractivity (Wildman–Crippen MR) is 92.2 cm³/mol. The second kappa shape index (κ2) is 6.80. The Hall–Kier alpha value is -2.56. The lowest BCUT2D eigenvalue weighted by Crippen LogP contribution is -2.63. The van der Waals surface area contributed by atoms with Crippen LogP contribution in [0, 0.1) is 5.92 Å². The maximum Gasteiger partial charge on any atom is 0.282 e. The molecule has 3 heterocycles. The first-order valence-corrected chi connectivity index (χ1v) is 9.06. The molecule has 0 unspecified atom stereocenters. The fourth-order valence-corrected chi connectivity index (χ4v) is 3.14. The lowest BCUT2D eigenvalue weighted by molar-refractivity contribution is -0.127. The van der Waals surface area contributed by atoms with Crippen LogP contribution in [0.5, 0.6) is 5.88 Å². The normalized spacial score (nSPS) is 22.0. The van der Waals surface area contributed by atoms with Gasteiger partial charge in [0.1, 0.15) is 0 Å². The molecule has 3 N–H and O–H groups in total. The molecule has 2 saturated heterocycles. The van der Waals surface area contributed by atoms with Crippen molar-refractivity contribution >= 4 is 17.6 Å². The van der Waals surface area contributed by atoms with E-state index in [0.717, 1.165) is 12.8 Å². The Balaban J connectivity index is 1.51. The van der Waals surface area contributed by atoms with Crippen molar-refractivity contribution in [3.05, 3.63) is 11.9 Å². The van der Waals surface area contributed by atoms with Gasteiger partial charge in [0.25, 0.3) is 17.7 Å². The molecule has 0 bridgehead atoms. The number of carbonyl (C=O) groups excluding carboxylic acids is 2. The van der Waals surface area contributed by atoms with E-state index in [1.807, 2.05) is 0 Å². The summed E-state index contributed by atoms with van der Waals surface area (Å²) in [4.78, 5) is 33.6. The number of nitrogens with zero attached hydrogens (tertiary/aromatic N) is 3. The molecule has 2 aliphatic heterocycles. The molecule has 0 atom stereocenters. The first-order chi connectivity index (χ1) is 13.3. The summed E-state index contributed by atoms with van der Waals surface area (Å²) in [6, 6.07) is 0. The van der Waals surface area contributed by atoms with Crippen molar-refractivity contribution < 1.29 is 27.8 Å². The van der Waals surface area contributed by atoms with E-state index >= 15 is 0 Å². The molecule has 0 spiro atoms. The fourth-order valence-electron chi connectivity index (χ4n) is 3.14. The number of amides is 2. The number of primary amides is 1. The molecule has 0 radical (unpaired) electrons. The maximum absolute atomic E-state index is 13.2. The Morgan fingerprint density at radius 2 is 2.07 bits per heavy atom. The molecule has 28 heavy (non-hydrogen) atoms. The number of alkyl halides is 2. The highest BCUT2D eigenvalue weighted by molar-refractivity contribution is 5.93. The number of rotatable bonds is 8. The summed E-state index contributed by atoms with van der Waals surface area (Å²) >= 11 is 0. The Kier molecular flexibility index (Phi) is 4.56. The van der Waals surface area contributed by atoms with Crippen LogP contribution in [-0.2, 0) is 9.53 Å². The number of halogens is 2. The molecule has 1 aliphatic carbocycles. The number of ether oxygens (including phenoxy) is 2. The van der Waals surface area contributed by atoms with Crippen LogP contribution in [0.2, 0.25) is 0 Å². The summed E-state index contributed by atoms with van der Waals surface area (Å²) < 4.78 is 37.2. The zero-order chi connectivity index (χ0) is 19.9. The molecule has 9 nitrogen and oxygen atoms in total. The van der Waals surface area contributed by atoms with E-state index in [9.17, 15) is 18.4 Å². The average Bonchev–Trinajstić information content (AvgIpc) is 3.39. The Morgan fingerprint density at radius 3 is 2.61 bits per heavy atom. The second-order valence-electron chi connectivity index (χ2n) is 7.72. The van der Waals surface area contributed by atoms with Crippen molar-refractivity contribution in [2.24, 2.45) is 11.7 Å². The van der Waals surface area contributed by atoms with E-state index in [1.54, 1.807) is 0 Å². The van der Waals surface area contributed by atoms with Gasteiger partial charge in [-0.25, -0.2) is 18.7 Å². The van der Waals surface area contributed by atoms with E-state index < -0.39 is 36.4 Å². The van der Waals surface area contributed by atoms with Crippen molar-refractivity contribution in [2.75, 3.05) is 37.8 Å². The van der Waals surface area contributed by atoms with E-state index in [4.69, 9.17) is 15.2 Å². The molecule has 0 aromatic carbocycles. The summed E-state index contributed by atoms with van der Waals surface area (Å²) in [5.74, 6) is -3.22. The molecule has 1 saturated carbocycles. The van der Waals surface area contributed by atoms with Crippen molar-refractivity contribution in [1.29, 1.82) is 0 Å². The smallest absolute Gasteiger partial charge is 0.282 e. The third-order valence-corrected chi connectivity index (χ3v) is 4.90. The van der Waals surface area contributed by atoms with Gasteiger partial charge in [-0.15, -0.1) is 0 Å². The van der Waals surface area contributed by atoms with Crippen molar-refractivity contribution in [3.63, 3.8) is 0 Å². The molecule has 1 aromatic heterocycles. The average molecular weight is 397 g/mol. The van der Waals surface area contributed by atoms with E-state index in [2.05, 4.69) is 15.3 Å². The van der Waals surface area contributed by atoms with E-state index in [1.165, 1.54) is 11.1 Å². The first-order valence-electron chi connectivity index (χ1n) is 9.06. The number of nitrogens with one attached hydrogen (secondary N) is 1. The molecule has 152 valence electrons. The van der Waals surface area contributed by atoms with Crippen LogP contribution < -0.4 is 20.7 Å². The highest BCUT2D eigenvalue weighted by Crippen LogP contribution is 2.36. The molecular weight excluding hydrogens is 376 g/mol. The van der Waals surface area contributed by atoms with Crippen LogP contribution in [0.1, 0.15) is 29.8 Å². The number of aromatic nitrogens is 2. The summed E-state index contributed by atoms with van der Waals surface area (Å²) in [5, 5.41) is 2.72. The van der Waals surface area contributed by atoms with Crippen LogP contribution in [-0.4, -0.2) is 66.2 Å². The minimum absolute atomic E-state index is 0.0300. The lowest BCUT2D eigenvalue weighted by atomic mass is 9.92. The Labute approximate surface area is 159 Å². The predicted octanol–water partition coefficient (Wildman–Crippen LogP) is 0.0949. The van der Waals surface area contributed by atoms with Gasteiger partial charge in [0.05, 0.1) is 51.1 Å². The standard InChI is InChI=1S/C17H21F2N5O4/c18-17(19)6-24(7-17)13-15(28-5-10-1-2-10)22-11(4-21-13)14(26)23-16(3-12(20)25)8-27-9-16/h4,10H,1-3,5-9H2,(H2,20,25)(H,23,26). The number of hydrogen-bond acceptors (Lipinski definition) is 7. The third-order valence-electron chi connectivity index (χ3n) is 4.90. The van der Waals surface area contributed by atoms with E-state index in [-0.39, 0.29) is 37.0 Å². The molecule has 4 rings (SSSR count). The number of hydrogen-bond donors (Lipinski definition) is 2. The lowest BCUT2D eigenvalue weighted by Gasteiger charge is -2.41. The van der Waals surface area contributed by atoms with Crippen molar-refractivity contribution in [1.82, 2.24) is 15.3 Å². The van der Waals surface area contributed by atoms with Gasteiger partial charge in [-0.3, -0.25) is 9.59 Å². The van der Waals surface area contributed by atoms with Crippen molar-refractivity contribution in [2.45, 2.75) is 30.7 Å². The molecule has 2 amide bonds. The Morgan fingerprint density at radius 1 is 1.36 bits per heavy atom. The highest BCUT2D eigenvalue weighted by atomic mass is 19.3. The van der Waals surface area contributed by atoms with Gasteiger partial charge in [0, 0.05) is 0 Å². The minimum atomic E-state index is -2.77. The van der Waals surface area contributed by atoms with E-state index in [0.29, 0.717) is 12.5 Å². The Bertz CT molecular complexity index is 790. The van der Waals surface area contributed by atoms with Gasteiger partial charge in [-0.05, 0) is 18.8 Å². The SMILES string of the molecule is NC(=O)CC1(NC(=O)c2cnc(N3CC(F)(F)C3)c(OCC3CC3)n2)COC1. The third kappa shape index (κ3) is 3.98. The molecule has 11 heteroatoms. The first kappa shape index (κ1) is 18.8. The molecular formula is C17H21F2N5O4. The van der Waals surface area contributed by atoms with Crippen LogP contribution in [0.15, 0.2) is 6.20 Å². The van der Waals surface area contributed by atoms with Gasteiger partial charge in [-0.2, -0.15) is 0 Å². The van der Waals surface area contributed by atoms with Crippen LogP contribution >= 0.6 is 0 Å². The maximum atomic E-state index is 13.2. The molecule has 3 fully saturated rings. The van der Waals surface area contributed by atoms with Crippen molar-refractivity contribution in [3.8, 4) is 5.88 Å². The molecule has 1 aromatic rings. The van der Waals surface area contributed by atoms with Gasteiger partial charge in [0.15, 0.2) is 11.5 Å². The number of nitrogens with two attached hydrogens (primary N) is 1. The summed E-state index contributed by atoms with van der Waals surface area (Å²) in [7, 11) is 0. The van der Waals surface area contributed by atoms with Gasteiger partial charge in [-0.1, -0.05) is 0 Å². The van der Waals surface area contributed by atoms with Gasteiger partial charge in [0.2, 0.25) is 5.91 Å². The van der Waals surface area contributed by atoms with Gasteiger partial charge >= 0.3 is 0 Å². The summed E-state index contributed by atoms with van der Waals surface area (Å²) in [6.07, 6.45) is 3.24. The monoisotopic (exact) mass is 397 g/mol. The highest BCUT2D eigenvalue weighted by Gasteiger charge is 2.46. The zero-order valence-electron chi connectivity index (χ0n) is 15.1. The quantitative estimate of drug-likeness (QED) is 0.638. The molecule has 3 aliphatic rings. The summed E-state index contributed by atoms with van der Waals surface area (Å²) in [6.45, 7) is -0.198.